The van der Waals surface area contributed by atoms with Gasteiger partial charge in [-0.3, -0.25) is 4.79 Å². The average molecular weight is 285 g/mol. The monoisotopic (exact) mass is 285 g/mol. The molecule has 1 saturated heterocycles. The minimum absolute atomic E-state index is 0.0666. The smallest absolute Gasteiger partial charge is 0.254 e. The molecule has 1 N–H and O–H groups in total. The Morgan fingerprint density at radius 1 is 1.29 bits per heavy atom. The second-order valence-corrected chi connectivity index (χ2v) is 5.35. The maximum atomic E-state index is 12.1. The van der Waals surface area contributed by atoms with Crippen LogP contribution in [0.15, 0.2) is 47.1 Å². The fourth-order valence-electron chi connectivity index (χ4n) is 2.79. The Bertz CT molecular complexity index is 606. The summed E-state index contributed by atoms with van der Waals surface area (Å²) in [6.45, 7) is 3.15. The van der Waals surface area contributed by atoms with Crippen molar-refractivity contribution < 1.29 is 13.9 Å². The van der Waals surface area contributed by atoms with Crippen LogP contribution in [0.2, 0.25) is 0 Å². The Hall–Kier alpha value is -2.07. The molecule has 1 aliphatic rings. The zero-order chi connectivity index (χ0) is 14.7. The van der Waals surface area contributed by atoms with Gasteiger partial charge < -0.3 is 14.5 Å². The zero-order valence-electron chi connectivity index (χ0n) is 12.0. The van der Waals surface area contributed by atoms with Crippen LogP contribution in [-0.4, -0.2) is 19.1 Å². The Kier molecular flexibility index (Phi) is 4.06. The predicted molar refractivity (Wildman–Crippen MR) is 79.0 cm³/mol. The molecule has 2 heterocycles. The summed E-state index contributed by atoms with van der Waals surface area (Å²) >= 11 is 0. The van der Waals surface area contributed by atoms with Gasteiger partial charge in [0, 0.05) is 19.1 Å². The van der Waals surface area contributed by atoms with Crippen LogP contribution in [-0.2, 0) is 4.74 Å². The quantitative estimate of drug-likeness (QED) is 0.939. The van der Waals surface area contributed by atoms with E-state index in [0.29, 0.717) is 23.8 Å². The summed E-state index contributed by atoms with van der Waals surface area (Å²) in [5, 5.41) is 2.99. The molecule has 3 rings (SSSR count). The van der Waals surface area contributed by atoms with E-state index in [2.05, 4.69) is 17.4 Å². The summed E-state index contributed by atoms with van der Waals surface area (Å²) in [5.74, 6) is 0.873. The van der Waals surface area contributed by atoms with Gasteiger partial charge in [0.05, 0.1) is 17.9 Å². The van der Waals surface area contributed by atoms with E-state index in [1.165, 1.54) is 11.8 Å². The van der Waals surface area contributed by atoms with Gasteiger partial charge in [0.25, 0.3) is 5.91 Å². The Morgan fingerprint density at radius 2 is 2.10 bits per heavy atom. The topological polar surface area (TPSA) is 51.5 Å². The first-order chi connectivity index (χ1) is 10.3. The Labute approximate surface area is 124 Å². The molecule has 1 aromatic carbocycles. The first kappa shape index (κ1) is 13.9. The van der Waals surface area contributed by atoms with E-state index in [1.807, 2.05) is 18.2 Å². The highest BCUT2D eigenvalue weighted by molar-refractivity contribution is 5.95. The lowest BCUT2D eigenvalue weighted by atomic mass is 9.95. The molecule has 1 aromatic heterocycles. The van der Waals surface area contributed by atoms with Gasteiger partial charge >= 0.3 is 0 Å². The summed E-state index contributed by atoms with van der Waals surface area (Å²) in [6, 6.07) is 11.9. The van der Waals surface area contributed by atoms with Crippen molar-refractivity contribution in [3.63, 3.8) is 0 Å². The number of carbonyl (C=O) groups excluding carboxylic acids is 1. The van der Waals surface area contributed by atoms with Crippen molar-refractivity contribution in [3.8, 4) is 0 Å². The molecule has 0 aliphatic carbocycles. The zero-order valence-corrected chi connectivity index (χ0v) is 12.0. The second kappa shape index (κ2) is 6.14. The molecule has 4 nitrogen and oxygen atoms in total. The van der Waals surface area contributed by atoms with Crippen molar-refractivity contribution in [2.24, 2.45) is 5.92 Å². The number of benzene rings is 1. The van der Waals surface area contributed by atoms with Crippen molar-refractivity contribution in [3.05, 3.63) is 59.5 Å². The van der Waals surface area contributed by atoms with Gasteiger partial charge in [-0.05, 0) is 25.0 Å². The molecule has 1 fully saturated rings. The Morgan fingerprint density at radius 3 is 2.81 bits per heavy atom. The van der Waals surface area contributed by atoms with E-state index in [4.69, 9.17) is 9.15 Å². The summed E-state index contributed by atoms with van der Waals surface area (Å²) in [4.78, 5) is 12.1. The molecule has 0 unspecified atom stereocenters. The van der Waals surface area contributed by atoms with Gasteiger partial charge in [0.2, 0.25) is 0 Å². The van der Waals surface area contributed by atoms with E-state index in [9.17, 15) is 4.79 Å². The van der Waals surface area contributed by atoms with E-state index in [-0.39, 0.29) is 12.0 Å². The van der Waals surface area contributed by atoms with Gasteiger partial charge in [-0.1, -0.05) is 30.3 Å². The maximum Gasteiger partial charge on any atom is 0.254 e. The van der Waals surface area contributed by atoms with E-state index >= 15 is 0 Å². The number of rotatable bonds is 4. The fraction of sp³-hybridized carbons (Fsp3) is 0.353. The van der Waals surface area contributed by atoms with Crippen LogP contribution in [0.1, 0.15) is 34.2 Å². The number of hydrogen-bond acceptors (Lipinski definition) is 3. The molecule has 2 atom stereocenters. The molecule has 0 saturated carbocycles. The van der Waals surface area contributed by atoms with Crippen LogP contribution in [0.3, 0.4) is 0 Å². The number of furan rings is 1. The summed E-state index contributed by atoms with van der Waals surface area (Å²) in [7, 11) is 0. The number of ether oxygens (including phenoxy) is 1. The van der Waals surface area contributed by atoms with Gasteiger partial charge in [-0.25, -0.2) is 0 Å². The highest BCUT2D eigenvalue weighted by atomic mass is 16.5. The fourth-order valence-corrected chi connectivity index (χ4v) is 2.79. The van der Waals surface area contributed by atoms with E-state index in [1.54, 1.807) is 13.0 Å². The molecule has 21 heavy (non-hydrogen) atoms. The molecule has 4 heteroatoms. The number of hydrogen-bond donors (Lipinski definition) is 1. The standard InChI is InChI=1S/C17H19NO3/c1-12-15(8-10-20-12)17(19)18-11-14-7-9-21-16(14)13-5-3-2-4-6-13/h2-6,8,10,14,16H,7,9,11H2,1H3,(H,18,19)/t14-,16-/m1/s1. The number of amides is 1. The van der Waals surface area contributed by atoms with Gasteiger partial charge in [0.15, 0.2) is 0 Å². The third kappa shape index (κ3) is 3.00. The lowest BCUT2D eigenvalue weighted by Gasteiger charge is -2.19. The van der Waals surface area contributed by atoms with Crippen molar-refractivity contribution in [1.82, 2.24) is 5.32 Å². The van der Waals surface area contributed by atoms with Crippen LogP contribution >= 0.6 is 0 Å². The minimum Gasteiger partial charge on any atom is -0.469 e. The second-order valence-electron chi connectivity index (χ2n) is 5.35. The third-order valence-electron chi connectivity index (χ3n) is 3.97. The molecule has 0 spiro atoms. The molecule has 0 bridgehead atoms. The molecule has 1 amide bonds. The first-order valence-electron chi connectivity index (χ1n) is 7.24. The number of aryl methyl sites for hydroxylation is 1. The molecular weight excluding hydrogens is 266 g/mol. The number of carbonyl (C=O) groups is 1. The first-order valence-corrected chi connectivity index (χ1v) is 7.24. The SMILES string of the molecule is Cc1occc1C(=O)NC[C@H]1CCO[C@@H]1c1ccccc1. The van der Waals surface area contributed by atoms with Crippen LogP contribution in [0.25, 0.3) is 0 Å². The average Bonchev–Trinajstić information content (AvgIpc) is 3.14. The van der Waals surface area contributed by atoms with Crippen LogP contribution in [0.5, 0.6) is 0 Å². The lowest BCUT2D eigenvalue weighted by molar-refractivity contribution is 0.0845. The molecule has 1 aliphatic heterocycles. The molecular formula is C17H19NO3. The van der Waals surface area contributed by atoms with Crippen molar-refractivity contribution in [2.75, 3.05) is 13.2 Å². The predicted octanol–water partition coefficient (Wildman–Crippen LogP) is 3.10. The lowest BCUT2D eigenvalue weighted by Crippen LogP contribution is -2.30. The van der Waals surface area contributed by atoms with Crippen LogP contribution < -0.4 is 5.32 Å². The molecule has 2 aromatic rings. The van der Waals surface area contributed by atoms with Gasteiger partial charge in [-0.15, -0.1) is 0 Å². The molecule has 110 valence electrons. The van der Waals surface area contributed by atoms with Crippen LogP contribution in [0, 0.1) is 12.8 Å². The maximum absolute atomic E-state index is 12.1. The van der Waals surface area contributed by atoms with Gasteiger partial charge in [0.1, 0.15) is 5.76 Å². The normalized spacial score (nSPS) is 21.4. The Balaban J connectivity index is 1.62. The highest BCUT2D eigenvalue weighted by Crippen LogP contribution is 2.33. The van der Waals surface area contributed by atoms with E-state index in [0.717, 1.165) is 13.0 Å². The molecule has 0 radical (unpaired) electrons. The van der Waals surface area contributed by atoms with Crippen molar-refractivity contribution in [1.29, 1.82) is 0 Å². The summed E-state index contributed by atoms with van der Waals surface area (Å²) < 4.78 is 11.0. The minimum atomic E-state index is -0.0834. The highest BCUT2D eigenvalue weighted by Gasteiger charge is 2.30. The van der Waals surface area contributed by atoms with E-state index < -0.39 is 0 Å². The third-order valence-corrected chi connectivity index (χ3v) is 3.97. The largest absolute Gasteiger partial charge is 0.469 e. The van der Waals surface area contributed by atoms with Gasteiger partial charge in [-0.2, -0.15) is 0 Å². The summed E-state index contributed by atoms with van der Waals surface area (Å²) in [5.41, 5.74) is 1.78. The number of nitrogens with one attached hydrogen (secondary N) is 1. The van der Waals surface area contributed by atoms with Crippen molar-refractivity contribution >= 4 is 5.91 Å². The van der Waals surface area contributed by atoms with Crippen LogP contribution in [0.4, 0.5) is 0 Å². The summed E-state index contributed by atoms with van der Waals surface area (Å²) in [6.07, 6.45) is 2.57. The van der Waals surface area contributed by atoms with Crippen molar-refractivity contribution in [2.45, 2.75) is 19.4 Å².